The number of carboxylic acids is 1. The minimum absolute atomic E-state index is 0.145. The zero-order valence-corrected chi connectivity index (χ0v) is 14.8. The highest BCUT2D eigenvalue weighted by molar-refractivity contribution is 5.87. The molecule has 3 rings (SSSR count). The number of hydrogen-bond acceptors (Lipinski definition) is 3. The van der Waals surface area contributed by atoms with Crippen LogP contribution < -0.4 is 4.74 Å². The summed E-state index contributed by atoms with van der Waals surface area (Å²) in [6.45, 7) is 0. The summed E-state index contributed by atoms with van der Waals surface area (Å²) < 4.78 is 5.24. The third-order valence-corrected chi connectivity index (χ3v) is 5.10. The molecule has 5 nitrogen and oxygen atoms in total. The summed E-state index contributed by atoms with van der Waals surface area (Å²) in [5, 5.41) is 9.50. The molecule has 5 heteroatoms. The molecule has 134 valence electrons. The van der Waals surface area contributed by atoms with E-state index in [0.717, 1.165) is 29.8 Å². The first-order valence-electron chi connectivity index (χ1n) is 9.14. The van der Waals surface area contributed by atoms with Gasteiger partial charge in [-0.1, -0.05) is 50.7 Å². The van der Waals surface area contributed by atoms with E-state index < -0.39 is 5.97 Å². The Hall–Kier alpha value is -2.30. The van der Waals surface area contributed by atoms with E-state index in [1.165, 1.54) is 38.5 Å². The molecule has 2 N–H and O–H groups in total. The lowest BCUT2D eigenvalue weighted by Gasteiger charge is -2.12. The van der Waals surface area contributed by atoms with Crippen LogP contribution in [0, 0.1) is 5.92 Å². The summed E-state index contributed by atoms with van der Waals surface area (Å²) in [7, 11) is 1.61. The maximum atomic E-state index is 11.6. The van der Waals surface area contributed by atoms with Gasteiger partial charge in [0.15, 0.2) is 5.69 Å². The highest BCUT2D eigenvalue weighted by Crippen LogP contribution is 2.28. The summed E-state index contributed by atoms with van der Waals surface area (Å²) in [4.78, 5) is 19.2. The monoisotopic (exact) mass is 342 g/mol. The lowest BCUT2D eigenvalue weighted by atomic mass is 9.94. The fraction of sp³-hybridized carbons (Fsp3) is 0.500. The zero-order chi connectivity index (χ0) is 17.6. The number of aromatic amines is 1. The van der Waals surface area contributed by atoms with Crippen LogP contribution in [0.15, 0.2) is 24.3 Å². The number of methoxy groups -OCH3 is 1. The van der Waals surface area contributed by atoms with Crippen molar-refractivity contribution in [3.8, 4) is 17.1 Å². The first-order chi connectivity index (χ1) is 12.2. The Kier molecular flexibility index (Phi) is 5.74. The lowest BCUT2D eigenvalue weighted by Crippen LogP contribution is -2.06. The largest absolute Gasteiger partial charge is 0.497 e. The Morgan fingerprint density at radius 2 is 2.04 bits per heavy atom. The highest BCUT2D eigenvalue weighted by atomic mass is 16.5. The number of ether oxygens (including phenoxy) is 1. The van der Waals surface area contributed by atoms with Crippen LogP contribution in [-0.2, 0) is 6.42 Å². The second-order valence-electron chi connectivity index (χ2n) is 6.85. The Bertz CT molecular complexity index is 715. The molecule has 0 bridgehead atoms. The number of carbonyl (C=O) groups is 1. The second kappa shape index (κ2) is 8.19. The molecule has 0 radical (unpaired) electrons. The van der Waals surface area contributed by atoms with Gasteiger partial charge in [0.2, 0.25) is 0 Å². The summed E-state index contributed by atoms with van der Waals surface area (Å²) in [6.07, 6.45) is 9.56. The number of rotatable bonds is 6. The molecule has 1 fully saturated rings. The van der Waals surface area contributed by atoms with Crippen molar-refractivity contribution >= 4 is 5.97 Å². The standard InChI is InChI=1S/C20H26N2O3/c1-25-16-10-6-9-15(13-16)19-21-17(18(22-19)20(23)24)12-11-14-7-4-2-3-5-8-14/h6,9-10,13-14H,2-5,7-8,11-12H2,1H3,(H,21,22)(H,23,24). The number of H-pyrrole nitrogens is 1. The van der Waals surface area contributed by atoms with Gasteiger partial charge in [0.05, 0.1) is 7.11 Å². The van der Waals surface area contributed by atoms with Crippen LogP contribution in [0.4, 0.5) is 0 Å². The van der Waals surface area contributed by atoms with Crippen molar-refractivity contribution in [2.24, 2.45) is 5.92 Å². The summed E-state index contributed by atoms with van der Waals surface area (Å²) in [5.41, 5.74) is 1.71. The van der Waals surface area contributed by atoms with Crippen molar-refractivity contribution in [1.29, 1.82) is 0 Å². The van der Waals surface area contributed by atoms with E-state index >= 15 is 0 Å². The molecule has 1 aliphatic carbocycles. The number of hydrogen-bond donors (Lipinski definition) is 2. The smallest absolute Gasteiger partial charge is 0.356 e. The van der Waals surface area contributed by atoms with E-state index in [4.69, 9.17) is 4.74 Å². The van der Waals surface area contributed by atoms with Crippen LogP contribution in [0.2, 0.25) is 0 Å². The number of benzene rings is 1. The van der Waals surface area contributed by atoms with Crippen LogP contribution in [0.5, 0.6) is 5.75 Å². The Morgan fingerprint density at radius 3 is 2.72 bits per heavy atom. The van der Waals surface area contributed by atoms with Crippen molar-refractivity contribution < 1.29 is 14.6 Å². The predicted octanol–water partition coefficient (Wildman–Crippen LogP) is 4.69. The van der Waals surface area contributed by atoms with Gasteiger partial charge in [-0.15, -0.1) is 0 Å². The molecule has 0 spiro atoms. The van der Waals surface area contributed by atoms with E-state index in [2.05, 4.69) is 9.97 Å². The molecule has 0 atom stereocenters. The average Bonchev–Trinajstić information content (AvgIpc) is 2.89. The number of imidazole rings is 1. The maximum absolute atomic E-state index is 11.6. The third-order valence-electron chi connectivity index (χ3n) is 5.10. The molecule has 0 aliphatic heterocycles. The van der Waals surface area contributed by atoms with Crippen molar-refractivity contribution in [1.82, 2.24) is 9.97 Å². The number of aryl methyl sites for hydroxylation is 1. The van der Waals surface area contributed by atoms with Gasteiger partial charge in [0.1, 0.15) is 11.6 Å². The predicted molar refractivity (Wildman–Crippen MR) is 97.0 cm³/mol. The summed E-state index contributed by atoms with van der Waals surface area (Å²) >= 11 is 0. The molecular weight excluding hydrogens is 316 g/mol. The van der Waals surface area contributed by atoms with Crippen molar-refractivity contribution in [2.45, 2.75) is 51.4 Å². The van der Waals surface area contributed by atoms with E-state index in [0.29, 0.717) is 11.7 Å². The first-order valence-corrected chi connectivity index (χ1v) is 9.14. The molecule has 2 aromatic rings. The Labute approximate surface area is 148 Å². The van der Waals surface area contributed by atoms with Gasteiger partial charge in [-0.3, -0.25) is 0 Å². The van der Waals surface area contributed by atoms with Gasteiger partial charge < -0.3 is 14.8 Å². The van der Waals surface area contributed by atoms with Crippen LogP contribution in [0.1, 0.15) is 61.1 Å². The van der Waals surface area contributed by atoms with E-state index in [-0.39, 0.29) is 5.69 Å². The third kappa shape index (κ3) is 4.41. The molecule has 1 aliphatic rings. The van der Waals surface area contributed by atoms with E-state index in [1.54, 1.807) is 7.11 Å². The quantitative estimate of drug-likeness (QED) is 0.747. The highest BCUT2D eigenvalue weighted by Gasteiger charge is 2.19. The number of aromatic carboxylic acids is 1. The van der Waals surface area contributed by atoms with Crippen LogP contribution in [0.25, 0.3) is 11.4 Å². The fourth-order valence-corrected chi connectivity index (χ4v) is 3.68. The number of carboxylic acid groups (broad SMARTS) is 1. The molecule has 1 aromatic carbocycles. The number of aromatic nitrogens is 2. The minimum Gasteiger partial charge on any atom is -0.497 e. The van der Waals surface area contributed by atoms with Gasteiger partial charge in [-0.05, 0) is 30.9 Å². The van der Waals surface area contributed by atoms with Gasteiger partial charge in [-0.2, -0.15) is 0 Å². The Balaban J connectivity index is 1.78. The van der Waals surface area contributed by atoms with Crippen LogP contribution in [-0.4, -0.2) is 28.2 Å². The molecule has 1 saturated carbocycles. The molecule has 25 heavy (non-hydrogen) atoms. The summed E-state index contributed by atoms with van der Waals surface area (Å²) in [6, 6.07) is 7.50. The van der Waals surface area contributed by atoms with Gasteiger partial charge in [-0.25, -0.2) is 9.78 Å². The molecular formula is C20H26N2O3. The molecule has 0 unspecified atom stereocenters. The average molecular weight is 342 g/mol. The lowest BCUT2D eigenvalue weighted by molar-refractivity contribution is 0.0689. The van der Waals surface area contributed by atoms with Crippen LogP contribution >= 0.6 is 0 Å². The molecule has 0 amide bonds. The van der Waals surface area contributed by atoms with Crippen molar-refractivity contribution in [3.63, 3.8) is 0 Å². The second-order valence-corrected chi connectivity index (χ2v) is 6.85. The first kappa shape index (κ1) is 17.5. The normalized spacial score (nSPS) is 15.7. The maximum Gasteiger partial charge on any atom is 0.356 e. The fourth-order valence-electron chi connectivity index (χ4n) is 3.68. The van der Waals surface area contributed by atoms with Crippen LogP contribution in [0.3, 0.4) is 0 Å². The number of nitrogens with one attached hydrogen (secondary N) is 1. The molecule has 0 saturated heterocycles. The minimum atomic E-state index is -0.971. The van der Waals surface area contributed by atoms with Crippen molar-refractivity contribution in [2.75, 3.05) is 7.11 Å². The SMILES string of the molecule is COc1cccc(-c2nc(C(=O)O)c(CCC3CCCCCC3)[nH]2)c1. The Morgan fingerprint density at radius 1 is 1.28 bits per heavy atom. The van der Waals surface area contributed by atoms with Crippen molar-refractivity contribution in [3.05, 3.63) is 35.7 Å². The molecule has 1 aromatic heterocycles. The van der Waals surface area contributed by atoms with E-state index in [9.17, 15) is 9.90 Å². The van der Waals surface area contributed by atoms with Gasteiger partial charge >= 0.3 is 5.97 Å². The van der Waals surface area contributed by atoms with Gasteiger partial charge in [0, 0.05) is 11.3 Å². The topological polar surface area (TPSA) is 75.2 Å². The molecule has 1 heterocycles. The van der Waals surface area contributed by atoms with Gasteiger partial charge in [0.25, 0.3) is 0 Å². The van der Waals surface area contributed by atoms with E-state index in [1.807, 2.05) is 24.3 Å². The summed E-state index contributed by atoms with van der Waals surface area (Å²) in [5.74, 6) is 1.05. The number of nitrogens with zero attached hydrogens (tertiary/aromatic N) is 1. The zero-order valence-electron chi connectivity index (χ0n) is 14.8.